The summed E-state index contributed by atoms with van der Waals surface area (Å²) in [5.74, 6) is -0.910. The molecule has 0 amide bonds. The summed E-state index contributed by atoms with van der Waals surface area (Å²) in [6.45, 7) is 0. The first-order chi connectivity index (χ1) is 7.90. The zero-order valence-corrected chi connectivity index (χ0v) is 8.78. The molecule has 1 aromatic rings. The number of rotatable bonds is 2. The van der Waals surface area contributed by atoms with Crippen LogP contribution in [0.2, 0.25) is 0 Å². The molecule has 0 saturated heterocycles. The van der Waals surface area contributed by atoms with E-state index in [-0.39, 0.29) is 11.1 Å². The minimum absolute atomic E-state index is 0.0609. The Morgan fingerprint density at radius 3 is 2.53 bits per heavy atom. The van der Waals surface area contributed by atoms with Crippen LogP contribution in [0.15, 0.2) is 30.5 Å². The number of hydrogen-bond acceptors (Lipinski definition) is 3. The van der Waals surface area contributed by atoms with Crippen molar-refractivity contribution in [2.75, 3.05) is 7.11 Å². The number of aliphatic hydroxyl groups is 1. The maximum Gasteiger partial charge on any atom is 0.416 e. The highest BCUT2D eigenvalue weighted by Crippen LogP contribution is 2.31. The third kappa shape index (κ3) is 2.99. The highest BCUT2D eigenvalue weighted by atomic mass is 19.4. The minimum atomic E-state index is -4.51. The molecule has 0 aliphatic rings. The van der Waals surface area contributed by atoms with Crippen molar-refractivity contribution in [3.63, 3.8) is 0 Å². The van der Waals surface area contributed by atoms with E-state index in [4.69, 9.17) is 5.11 Å². The second kappa shape index (κ2) is 4.90. The van der Waals surface area contributed by atoms with Crippen LogP contribution in [0.3, 0.4) is 0 Å². The first-order valence-electron chi connectivity index (χ1n) is 4.50. The van der Waals surface area contributed by atoms with Crippen molar-refractivity contribution in [1.82, 2.24) is 0 Å². The summed E-state index contributed by atoms with van der Waals surface area (Å²) in [5, 5.41) is 8.83. The highest BCUT2D eigenvalue weighted by molar-refractivity contribution is 6.16. The van der Waals surface area contributed by atoms with E-state index in [1.54, 1.807) is 0 Å². The molecule has 17 heavy (non-hydrogen) atoms. The van der Waals surface area contributed by atoms with Gasteiger partial charge in [0, 0.05) is 0 Å². The standard InChI is InChI=1S/C11H9F3O3/c1-17-10(16)9(6-15)7-3-2-4-8(5-7)11(12,13)14/h2-6,15H,1H3. The second-order valence-electron chi connectivity index (χ2n) is 3.11. The highest BCUT2D eigenvalue weighted by Gasteiger charge is 2.31. The van der Waals surface area contributed by atoms with E-state index in [9.17, 15) is 18.0 Å². The van der Waals surface area contributed by atoms with E-state index >= 15 is 0 Å². The molecule has 0 aliphatic carbocycles. The second-order valence-corrected chi connectivity index (χ2v) is 3.11. The lowest BCUT2D eigenvalue weighted by Crippen LogP contribution is -2.08. The summed E-state index contributed by atoms with van der Waals surface area (Å²) in [6.07, 6.45) is -4.09. The largest absolute Gasteiger partial charge is 0.515 e. The molecule has 6 heteroatoms. The van der Waals surface area contributed by atoms with Gasteiger partial charge in [-0.3, -0.25) is 0 Å². The SMILES string of the molecule is COC(=O)C(=CO)c1cccc(C(F)(F)F)c1. The normalized spacial score (nSPS) is 12.4. The third-order valence-corrected chi connectivity index (χ3v) is 2.04. The quantitative estimate of drug-likeness (QED) is 0.496. The molecular formula is C11H9F3O3. The van der Waals surface area contributed by atoms with Gasteiger partial charge in [-0.25, -0.2) is 4.79 Å². The van der Waals surface area contributed by atoms with Gasteiger partial charge in [0.2, 0.25) is 0 Å². The molecule has 0 atom stereocenters. The van der Waals surface area contributed by atoms with Gasteiger partial charge in [-0.05, 0) is 17.7 Å². The molecular weight excluding hydrogens is 237 g/mol. The van der Waals surface area contributed by atoms with Crippen molar-refractivity contribution < 1.29 is 27.8 Å². The zero-order valence-electron chi connectivity index (χ0n) is 8.78. The van der Waals surface area contributed by atoms with E-state index in [1.165, 1.54) is 6.07 Å². The number of halogens is 3. The predicted octanol–water partition coefficient (Wildman–Crippen LogP) is 2.78. The maximum atomic E-state index is 12.4. The molecule has 0 aliphatic heterocycles. The number of hydrogen-bond donors (Lipinski definition) is 1. The monoisotopic (exact) mass is 246 g/mol. The summed E-state index contributed by atoms with van der Waals surface area (Å²) in [4.78, 5) is 11.2. The Hall–Kier alpha value is -1.98. The molecule has 3 nitrogen and oxygen atoms in total. The Morgan fingerprint density at radius 2 is 2.06 bits per heavy atom. The van der Waals surface area contributed by atoms with Crippen LogP contribution in [0.4, 0.5) is 13.2 Å². The summed E-state index contributed by atoms with van der Waals surface area (Å²) >= 11 is 0. The third-order valence-electron chi connectivity index (χ3n) is 2.04. The first-order valence-corrected chi connectivity index (χ1v) is 4.50. The maximum absolute atomic E-state index is 12.4. The van der Waals surface area contributed by atoms with Crippen LogP contribution in [0, 0.1) is 0 Å². The lowest BCUT2D eigenvalue weighted by atomic mass is 10.0. The number of carbonyl (C=O) groups is 1. The van der Waals surface area contributed by atoms with Crippen molar-refractivity contribution in [2.24, 2.45) is 0 Å². The first kappa shape index (κ1) is 13.1. The molecule has 0 heterocycles. The Morgan fingerprint density at radius 1 is 1.41 bits per heavy atom. The predicted molar refractivity (Wildman–Crippen MR) is 54.1 cm³/mol. The van der Waals surface area contributed by atoms with E-state index in [1.807, 2.05) is 0 Å². The molecule has 1 rings (SSSR count). The van der Waals surface area contributed by atoms with Gasteiger partial charge in [-0.15, -0.1) is 0 Å². The Kier molecular flexibility index (Phi) is 3.77. The number of methoxy groups -OCH3 is 1. The van der Waals surface area contributed by atoms with E-state index in [0.29, 0.717) is 6.26 Å². The van der Waals surface area contributed by atoms with Crippen molar-refractivity contribution in [2.45, 2.75) is 6.18 Å². The smallest absolute Gasteiger partial charge is 0.416 e. The minimum Gasteiger partial charge on any atom is -0.515 e. The van der Waals surface area contributed by atoms with Crippen molar-refractivity contribution in [1.29, 1.82) is 0 Å². The van der Waals surface area contributed by atoms with Crippen molar-refractivity contribution in [3.8, 4) is 0 Å². The number of benzene rings is 1. The molecule has 1 N–H and O–H groups in total. The number of carbonyl (C=O) groups excluding carboxylic acids is 1. The zero-order chi connectivity index (χ0) is 13.1. The van der Waals surface area contributed by atoms with E-state index in [0.717, 1.165) is 25.3 Å². The lowest BCUT2D eigenvalue weighted by Gasteiger charge is -2.09. The average Bonchev–Trinajstić information content (AvgIpc) is 2.29. The molecule has 0 spiro atoms. The molecule has 0 saturated carbocycles. The average molecular weight is 246 g/mol. The Labute approximate surface area is 95.1 Å². The van der Waals surface area contributed by atoms with Crippen molar-refractivity contribution >= 4 is 11.5 Å². The fraction of sp³-hybridized carbons (Fsp3) is 0.182. The van der Waals surface area contributed by atoms with E-state index < -0.39 is 17.7 Å². The summed E-state index contributed by atoms with van der Waals surface area (Å²) in [5.41, 5.74) is -1.30. The molecule has 0 bridgehead atoms. The summed E-state index contributed by atoms with van der Waals surface area (Å²) in [6, 6.07) is 4.05. The number of esters is 1. The van der Waals surface area contributed by atoms with Crippen LogP contribution in [0.25, 0.3) is 5.57 Å². The molecule has 0 fully saturated rings. The molecule has 0 unspecified atom stereocenters. The molecule has 0 aromatic heterocycles. The van der Waals surface area contributed by atoms with Crippen LogP contribution in [-0.4, -0.2) is 18.2 Å². The fourth-order valence-electron chi connectivity index (χ4n) is 1.22. The topological polar surface area (TPSA) is 46.5 Å². The molecule has 92 valence electrons. The van der Waals surface area contributed by atoms with Crippen molar-refractivity contribution in [3.05, 3.63) is 41.7 Å². The van der Waals surface area contributed by atoms with Crippen LogP contribution < -0.4 is 0 Å². The number of ether oxygens (including phenoxy) is 1. The van der Waals surface area contributed by atoms with Gasteiger partial charge in [-0.1, -0.05) is 12.1 Å². The Balaban J connectivity index is 3.20. The van der Waals surface area contributed by atoms with E-state index in [2.05, 4.69) is 4.74 Å². The van der Waals surface area contributed by atoms with Gasteiger partial charge in [0.1, 0.15) is 5.57 Å². The van der Waals surface area contributed by atoms with Crippen LogP contribution >= 0.6 is 0 Å². The molecule has 0 radical (unpaired) electrons. The van der Waals surface area contributed by atoms with Crippen LogP contribution in [0.5, 0.6) is 0 Å². The van der Waals surface area contributed by atoms with Gasteiger partial charge >= 0.3 is 12.1 Å². The van der Waals surface area contributed by atoms with Crippen LogP contribution in [-0.2, 0) is 15.7 Å². The fourth-order valence-corrected chi connectivity index (χ4v) is 1.22. The molecule has 1 aromatic carbocycles. The summed E-state index contributed by atoms with van der Waals surface area (Å²) in [7, 11) is 1.07. The van der Waals surface area contributed by atoms with Crippen LogP contribution in [0.1, 0.15) is 11.1 Å². The van der Waals surface area contributed by atoms with Gasteiger partial charge in [0.05, 0.1) is 18.9 Å². The Bertz CT molecular complexity index is 450. The van der Waals surface area contributed by atoms with Gasteiger partial charge in [0.25, 0.3) is 0 Å². The number of alkyl halides is 3. The van der Waals surface area contributed by atoms with Gasteiger partial charge in [-0.2, -0.15) is 13.2 Å². The lowest BCUT2D eigenvalue weighted by molar-refractivity contribution is -0.138. The van der Waals surface area contributed by atoms with Gasteiger partial charge < -0.3 is 9.84 Å². The number of aliphatic hydroxyl groups excluding tert-OH is 1. The summed E-state index contributed by atoms with van der Waals surface area (Å²) < 4.78 is 41.6. The van der Waals surface area contributed by atoms with Gasteiger partial charge in [0.15, 0.2) is 0 Å².